The molecule has 94 valence electrons. The van der Waals surface area contributed by atoms with Crippen molar-refractivity contribution in [3.8, 4) is 5.75 Å². The van der Waals surface area contributed by atoms with Gasteiger partial charge >= 0.3 is 0 Å². The zero-order valence-corrected chi connectivity index (χ0v) is 10.6. The number of benzene rings is 1. The summed E-state index contributed by atoms with van der Waals surface area (Å²) in [6.45, 7) is 0.694. The van der Waals surface area contributed by atoms with Crippen molar-refractivity contribution in [3.05, 3.63) is 48.2 Å². The summed E-state index contributed by atoms with van der Waals surface area (Å²) in [6, 6.07) is 11.8. The molecule has 1 aromatic heterocycles. The van der Waals surface area contributed by atoms with E-state index in [1.54, 1.807) is 13.3 Å². The van der Waals surface area contributed by atoms with Crippen LogP contribution >= 0.6 is 0 Å². The predicted octanol–water partition coefficient (Wildman–Crippen LogP) is 2.31. The van der Waals surface area contributed by atoms with Gasteiger partial charge in [0.05, 0.1) is 12.8 Å². The first-order chi connectivity index (χ1) is 8.72. The molecular formula is C14H17N3O. The van der Waals surface area contributed by atoms with E-state index in [4.69, 9.17) is 10.5 Å². The van der Waals surface area contributed by atoms with Gasteiger partial charge in [-0.3, -0.25) is 0 Å². The van der Waals surface area contributed by atoms with E-state index in [-0.39, 0.29) is 0 Å². The summed E-state index contributed by atoms with van der Waals surface area (Å²) in [4.78, 5) is 6.18. The maximum absolute atomic E-state index is 5.85. The van der Waals surface area contributed by atoms with Crippen molar-refractivity contribution in [1.82, 2.24) is 4.98 Å². The average Bonchev–Trinajstić information content (AvgIpc) is 2.41. The minimum Gasteiger partial charge on any atom is -0.495 e. The largest absolute Gasteiger partial charge is 0.495 e. The Hall–Kier alpha value is -2.23. The monoisotopic (exact) mass is 243 g/mol. The Morgan fingerprint density at radius 3 is 2.72 bits per heavy atom. The van der Waals surface area contributed by atoms with E-state index in [0.29, 0.717) is 12.4 Å². The summed E-state index contributed by atoms with van der Waals surface area (Å²) >= 11 is 0. The van der Waals surface area contributed by atoms with Gasteiger partial charge in [0.15, 0.2) is 0 Å². The van der Waals surface area contributed by atoms with Crippen molar-refractivity contribution in [2.24, 2.45) is 0 Å². The number of hydrogen-bond acceptors (Lipinski definition) is 4. The molecule has 4 heteroatoms. The smallest absolute Gasteiger partial charge is 0.142 e. The Kier molecular flexibility index (Phi) is 3.67. The lowest BCUT2D eigenvalue weighted by Gasteiger charge is -2.22. The van der Waals surface area contributed by atoms with E-state index in [1.165, 1.54) is 0 Å². The lowest BCUT2D eigenvalue weighted by Crippen LogP contribution is -2.18. The van der Waals surface area contributed by atoms with Crippen LogP contribution in [0.4, 0.5) is 11.5 Å². The molecule has 0 radical (unpaired) electrons. The summed E-state index contributed by atoms with van der Waals surface area (Å²) in [6.07, 6.45) is 1.70. The zero-order valence-electron chi connectivity index (χ0n) is 10.6. The molecule has 0 saturated heterocycles. The van der Waals surface area contributed by atoms with Gasteiger partial charge < -0.3 is 15.4 Å². The number of pyridine rings is 1. The molecule has 2 rings (SSSR count). The number of anilines is 2. The highest BCUT2D eigenvalue weighted by molar-refractivity contribution is 5.58. The Balaban J connectivity index is 2.22. The standard InChI is InChI=1S/C14H17N3O/c1-17(10-11-6-5-9-16-14(11)15)12-7-3-4-8-13(12)18-2/h3-9H,10H2,1-2H3,(H2,15,16). The molecule has 0 aliphatic rings. The van der Waals surface area contributed by atoms with E-state index >= 15 is 0 Å². The summed E-state index contributed by atoms with van der Waals surface area (Å²) < 4.78 is 5.35. The lowest BCUT2D eigenvalue weighted by molar-refractivity contribution is 0.415. The quantitative estimate of drug-likeness (QED) is 0.895. The molecule has 2 aromatic rings. The summed E-state index contributed by atoms with van der Waals surface area (Å²) in [7, 11) is 3.68. The Bertz CT molecular complexity index is 528. The van der Waals surface area contributed by atoms with E-state index < -0.39 is 0 Å². The second kappa shape index (κ2) is 5.40. The fourth-order valence-electron chi connectivity index (χ4n) is 1.87. The minimum atomic E-state index is 0.569. The molecule has 0 atom stereocenters. The van der Waals surface area contributed by atoms with Gasteiger partial charge in [0.25, 0.3) is 0 Å². The third-order valence-corrected chi connectivity index (χ3v) is 2.83. The van der Waals surface area contributed by atoms with Gasteiger partial charge in [0.1, 0.15) is 11.6 Å². The van der Waals surface area contributed by atoms with Gasteiger partial charge in [-0.25, -0.2) is 4.98 Å². The second-order valence-electron chi connectivity index (χ2n) is 4.08. The van der Waals surface area contributed by atoms with Crippen LogP contribution in [-0.2, 0) is 6.54 Å². The Labute approximate surface area is 107 Å². The van der Waals surface area contributed by atoms with E-state index in [1.807, 2.05) is 43.4 Å². The van der Waals surface area contributed by atoms with Crippen molar-refractivity contribution in [2.45, 2.75) is 6.54 Å². The third-order valence-electron chi connectivity index (χ3n) is 2.83. The van der Waals surface area contributed by atoms with Gasteiger partial charge in [-0.15, -0.1) is 0 Å². The van der Waals surface area contributed by atoms with Gasteiger partial charge in [-0.2, -0.15) is 0 Å². The molecule has 0 saturated carbocycles. The van der Waals surface area contributed by atoms with Crippen LogP contribution in [0.25, 0.3) is 0 Å². The summed E-state index contributed by atoms with van der Waals surface area (Å²) in [5.74, 6) is 1.42. The number of aromatic nitrogens is 1. The van der Waals surface area contributed by atoms with Crippen molar-refractivity contribution in [3.63, 3.8) is 0 Å². The minimum absolute atomic E-state index is 0.569. The molecule has 18 heavy (non-hydrogen) atoms. The van der Waals surface area contributed by atoms with Crippen LogP contribution in [0.5, 0.6) is 5.75 Å². The zero-order chi connectivity index (χ0) is 13.0. The molecule has 1 aromatic carbocycles. The van der Waals surface area contributed by atoms with Crippen molar-refractivity contribution in [1.29, 1.82) is 0 Å². The molecular weight excluding hydrogens is 226 g/mol. The highest BCUT2D eigenvalue weighted by atomic mass is 16.5. The Morgan fingerprint density at radius 1 is 1.22 bits per heavy atom. The molecule has 0 bridgehead atoms. The van der Waals surface area contributed by atoms with Crippen LogP contribution in [0, 0.1) is 0 Å². The summed E-state index contributed by atoms with van der Waals surface area (Å²) in [5.41, 5.74) is 7.88. The first-order valence-electron chi connectivity index (χ1n) is 5.76. The predicted molar refractivity (Wildman–Crippen MR) is 73.8 cm³/mol. The van der Waals surface area contributed by atoms with Crippen LogP contribution < -0.4 is 15.4 Å². The molecule has 4 nitrogen and oxygen atoms in total. The fourth-order valence-corrected chi connectivity index (χ4v) is 1.87. The highest BCUT2D eigenvalue weighted by Crippen LogP contribution is 2.28. The normalized spacial score (nSPS) is 10.1. The maximum atomic E-state index is 5.85. The topological polar surface area (TPSA) is 51.4 Å². The number of nitrogen functional groups attached to an aromatic ring is 1. The SMILES string of the molecule is COc1ccccc1N(C)Cc1cccnc1N. The number of nitrogens with two attached hydrogens (primary N) is 1. The van der Waals surface area contributed by atoms with Gasteiger partial charge in [0, 0.05) is 25.4 Å². The van der Waals surface area contributed by atoms with Crippen molar-refractivity contribution in [2.75, 3.05) is 24.8 Å². The van der Waals surface area contributed by atoms with E-state index in [0.717, 1.165) is 17.0 Å². The first kappa shape index (κ1) is 12.2. The number of ether oxygens (including phenoxy) is 1. The number of rotatable bonds is 4. The van der Waals surface area contributed by atoms with E-state index in [2.05, 4.69) is 9.88 Å². The summed E-state index contributed by atoms with van der Waals surface area (Å²) in [5, 5.41) is 0. The maximum Gasteiger partial charge on any atom is 0.142 e. The second-order valence-corrected chi connectivity index (χ2v) is 4.08. The molecule has 2 N–H and O–H groups in total. The third kappa shape index (κ3) is 2.53. The molecule has 0 aliphatic carbocycles. The molecule has 0 unspecified atom stereocenters. The average molecular weight is 243 g/mol. The van der Waals surface area contributed by atoms with Crippen LogP contribution in [0.15, 0.2) is 42.6 Å². The number of para-hydroxylation sites is 2. The lowest BCUT2D eigenvalue weighted by atomic mass is 10.2. The first-order valence-corrected chi connectivity index (χ1v) is 5.76. The number of nitrogens with zero attached hydrogens (tertiary/aromatic N) is 2. The molecule has 1 heterocycles. The Morgan fingerprint density at radius 2 is 2.00 bits per heavy atom. The molecule has 0 aliphatic heterocycles. The van der Waals surface area contributed by atoms with Crippen LogP contribution in [0.1, 0.15) is 5.56 Å². The highest BCUT2D eigenvalue weighted by Gasteiger charge is 2.09. The molecule has 0 spiro atoms. The van der Waals surface area contributed by atoms with Gasteiger partial charge in [-0.1, -0.05) is 18.2 Å². The van der Waals surface area contributed by atoms with Crippen LogP contribution in [0.3, 0.4) is 0 Å². The number of hydrogen-bond donors (Lipinski definition) is 1. The fraction of sp³-hybridized carbons (Fsp3) is 0.214. The van der Waals surface area contributed by atoms with Crippen LogP contribution in [0.2, 0.25) is 0 Å². The van der Waals surface area contributed by atoms with Gasteiger partial charge in [0.2, 0.25) is 0 Å². The molecule has 0 fully saturated rings. The van der Waals surface area contributed by atoms with Crippen LogP contribution in [-0.4, -0.2) is 19.1 Å². The number of methoxy groups -OCH3 is 1. The van der Waals surface area contributed by atoms with Crippen molar-refractivity contribution >= 4 is 11.5 Å². The molecule has 0 amide bonds. The van der Waals surface area contributed by atoms with E-state index in [9.17, 15) is 0 Å². The van der Waals surface area contributed by atoms with Crippen molar-refractivity contribution < 1.29 is 4.74 Å². The van der Waals surface area contributed by atoms with Gasteiger partial charge in [-0.05, 0) is 18.2 Å².